The Balaban J connectivity index is 2.26. The Morgan fingerprint density at radius 2 is 2.46 bits per heavy atom. The van der Waals surface area contributed by atoms with Crippen molar-refractivity contribution in [2.75, 3.05) is 11.9 Å². The molecule has 0 saturated carbocycles. The molecule has 1 aromatic heterocycles. The van der Waals surface area contributed by atoms with E-state index in [1.807, 2.05) is 13.8 Å². The maximum atomic E-state index is 11.2. The number of carbonyl (C=O) groups excluding carboxylic acids is 1. The van der Waals surface area contributed by atoms with Gasteiger partial charge < -0.3 is 10.6 Å². The molecule has 0 unspecified atom stereocenters. The van der Waals surface area contributed by atoms with Crippen LogP contribution in [0.25, 0.3) is 0 Å². The maximum absolute atomic E-state index is 11.2. The van der Waals surface area contributed by atoms with Gasteiger partial charge in [0.25, 0.3) is 0 Å². The summed E-state index contributed by atoms with van der Waals surface area (Å²) in [5, 5.41) is 12.0. The second-order valence-electron chi connectivity index (χ2n) is 3.05. The van der Waals surface area contributed by atoms with E-state index in [2.05, 4.69) is 20.8 Å². The van der Waals surface area contributed by atoms with Crippen molar-refractivity contribution in [2.45, 2.75) is 19.9 Å². The first-order valence-corrected chi connectivity index (χ1v) is 4.21. The van der Waals surface area contributed by atoms with E-state index in [4.69, 9.17) is 0 Å². The number of anilines is 1. The molecule has 72 valence electrons. The quantitative estimate of drug-likeness (QED) is 0.629. The van der Waals surface area contributed by atoms with Crippen molar-refractivity contribution in [1.29, 1.82) is 0 Å². The zero-order valence-electron chi connectivity index (χ0n) is 7.79. The molecule has 3 N–H and O–H groups in total. The smallest absolute Gasteiger partial charge is 0.239 e. The molecule has 1 aromatic rings. The van der Waals surface area contributed by atoms with E-state index in [-0.39, 0.29) is 5.91 Å². The second-order valence-corrected chi connectivity index (χ2v) is 3.05. The van der Waals surface area contributed by atoms with Crippen molar-refractivity contribution < 1.29 is 4.79 Å². The molecule has 0 saturated heterocycles. The Kier molecular flexibility index (Phi) is 3.45. The third-order valence-electron chi connectivity index (χ3n) is 1.45. The number of hydrogen-bond acceptors (Lipinski definition) is 3. The number of nitrogens with zero attached hydrogens (tertiary/aromatic N) is 1. The standard InChI is InChI=1S/C8H14N4O/c1-6(2)9-5-8(13)11-7-3-4-10-12-7/h3-4,6,9H,5H2,1-2H3,(H2,10,11,12,13). The third-order valence-corrected chi connectivity index (χ3v) is 1.45. The number of hydrogen-bond donors (Lipinski definition) is 3. The van der Waals surface area contributed by atoms with Crippen molar-refractivity contribution in [3.8, 4) is 0 Å². The molecular formula is C8H14N4O. The van der Waals surface area contributed by atoms with Crippen LogP contribution in [-0.2, 0) is 4.79 Å². The number of carbonyl (C=O) groups is 1. The van der Waals surface area contributed by atoms with Crippen LogP contribution in [0.1, 0.15) is 13.8 Å². The lowest BCUT2D eigenvalue weighted by molar-refractivity contribution is -0.115. The van der Waals surface area contributed by atoms with E-state index in [1.165, 1.54) is 0 Å². The molecule has 5 heteroatoms. The monoisotopic (exact) mass is 182 g/mol. The lowest BCUT2D eigenvalue weighted by Crippen LogP contribution is -2.32. The fourth-order valence-corrected chi connectivity index (χ4v) is 0.817. The molecule has 0 radical (unpaired) electrons. The second kappa shape index (κ2) is 4.61. The van der Waals surface area contributed by atoms with E-state index in [0.717, 1.165) is 0 Å². The predicted molar refractivity (Wildman–Crippen MR) is 50.4 cm³/mol. The summed E-state index contributed by atoms with van der Waals surface area (Å²) < 4.78 is 0. The first-order valence-electron chi connectivity index (χ1n) is 4.21. The van der Waals surface area contributed by atoms with E-state index in [1.54, 1.807) is 12.3 Å². The van der Waals surface area contributed by atoms with Crippen molar-refractivity contribution in [3.05, 3.63) is 12.3 Å². The molecule has 0 aliphatic carbocycles. The number of rotatable bonds is 4. The van der Waals surface area contributed by atoms with Crippen LogP contribution in [-0.4, -0.2) is 28.7 Å². The minimum absolute atomic E-state index is 0.0713. The van der Waals surface area contributed by atoms with Gasteiger partial charge in [-0.3, -0.25) is 9.89 Å². The fraction of sp³-hybridized carbons (Fsp3) is 0.500. The summed E-state index contributed by atoms with van der Waals surface area (Å²) in [5.41, 5.74) is 0. The molecule has 0 fully saturated rings. The normalized spacial score (nSPS) is 10.4. The Labute approximate surface area is 76.9 Å². The zero-order valence-corrected chi connectivity index (χ0v) is 7.79. The number of H-pyrrole nitrogens is 1. The van der Waals surface area contributed by atoms with Crippen LogP contribution < -0.4 is 10.6 Å². The average Bonchev–Trinajstić information content (AvgIpc) is 2.53. The van der Waals surface area contributed by atoms with E-state index < -0.39 is 0 Å². The Bertz CT molecular complexity index is 255. The van der Waals surface area contributed by atoms with Gasteiger partial charge in [0.05, 0.1) is 12.7 Å². The van der Waals surface area contributed by atoms with Gasteiger partial charge in [-0.2, -0.15) is 5.10 Å². The van der Waals surface area contributed by atoms with Crippen LogP contribution in [0.3, 0.4) is 0 Å². The summed E-state index contributed by atoms with van der Waals surface area (Å²) in [6.45, 7) is 4.30. The largest absolute Gasteiger partial charge is 0.310 e. The van der Waals surface area contributed by atoms with Gasteiger partial charge in [0.15, 0.2) is 0 Å². The zero-order chi connectivity index (χ0) is 9.68. The molecule has 1 rings (SSSR count). The Morgan fingerprint density at radius 1 is 1.69 bits per heavy atom. The third kappa shape index (κ3) is 3.71. The van der Waals surface area contributed by atoms with Crippen LogP contribution in [0.4, 0.5) is 5.82 Å². The molecule has 0 aromatic carbocycles. The van der Waals surface area contributed by atoms with Gasteiger partial charge in [-0.1, -0.05) is 13.8 Å². The molecular weight excluding hydrogens is 168 g/mol. The average molecular weight is 182 g/mol. The van der Waals surface area contributed by atoms with Crippen LogP contribution in [0, 0.1) is 0 Å². The number of aromatic nitrogens is 2. The first-order chi connectivity index (χ1) is 6.18. The highest BCUT2D eigenvalue weighted by atomic mass is 16.2. The van der Waals surface area contributed by atoms with Crippen molar-refractivity contribution >= 4 is 11.7 Å². The summed E-state index contributed by atoms with van der Waals surface area (Å²) in [4.78, 5) is 11.2. The predicted octanol–water partition coefficient (Wildman–Crippen LogP) is 0.346. The Morgan fingerprint density at radius 3 is 3.00 bits per heavy atom. The lowest BCUT2D eigenvalue weighted by atomic mass is 10.4. The van der Waals surface area contributed by atoms with Crippen molar-refractivity contribution in [3.63, 3.8) is 0 Å². The molecule has 0 aliphatic heterocycles. The maximum Gasteiger partial charge on any atom is 0.239 e. The van der Waals surface area contributed by atoms with E-state index in [0.29, 0.717) is 18.4 Å². The van der Waals surface area contributed by atoms with Gasteiger partial charge in [0.1, 0.15) is 5.82 Å². The minimum atomic E-state index is -0.0713. The van der Waals surface area contributed by atoms with Crippen LogP contribution in [0.5, 0.6) is 0 Å². The molecule has 1 heterocycles. The summed E-state index contributed by atoms with van der Waals surface area (Å²) >= 11 is 0. The van der Waals surface area contributed by atoms with Crippen molar-refractivity contribution in [1.82, 2.24) is 15.5 Å². The minimum Gasteiger partial charge on any atom is -0.310 e. The SMILES string of the molecule is CC(C)NCC(=O)Nc1ccn[nH]1. The lowest BCUT2D eigenvalue weighted by Gasteiger charge is -2.07. The molecule has 0 bridgehead atoms. The summed E-state index contributed by atoms with van der Waals surface area (Å²) in [6.07, 6.45) is 1.59. The molecule has 0 spiro atoms. The van der Waals surface area contributed by atoms with Crippen LogP contribution >= 0.6 is 0 Å². The van der Waals surface area contributed by atoms with E-state index >= 15 is 0 Å². The van der Waals surface area contributed by atoms with Gasteiger partial charge in [-0.25, -0.2) is 0 Å². The first kappa shape index (κ1) is 9.73. The summed E-state index contributed by atoms with van der Waals surface area (Å²) in [5.74, 6) is 0.550. The highest BCUT2D eigenvalue weighted by Gasteiger charge is 2.02. The van der Waals surface area contributed by atoms with Gasteiger partial charge in [0, 0.05) is 12.1 Å². The molecule has 5 nitrogen and oxygen atoms in total. The topological polar surface area (TPSA) is 69.8 Å². The highest BCUT2D eigenvalue weighted by molar-refractivity contribution is 5.91. The van der Waals surface area contributed by atoms with Gasteiger partial charge in [0.2, 0.25) is 5.91 Å². The van der Waals surface area contributed by atoms with Crippen molar-refractivity contribution in [2.24, 2.45) is 0 Å². The molecule has 0 atom stereocenters. The van der Waals surface area contributed by atoms with Gasteiger partial charge >= 0.3 is 0 Å². The number of aromatic amines is 1. The molecule has 13 heavy (non-hydrogen) atoms. The number of nitrogens with one attached hydrogen (secondary N) is 3. The van der Waals surface area contributed by atoms with Crippen LogP contribution in [0.2, 0.25) is 0 Å². The van der Waals surface area contributed by atoms with E-state index in [9.17, 15) is 4.79 Å². The van der Waals surface area contributed by atoms with Gasteiger partial charge in [-0.15, -0.1) is 0 Å². The molecule has 0 aliphatic rings. The summed E-state index contributed by atoms with van der Waals surface area (Å²) in [7, 11) is 0. The summed E-state index contributed by atoms with van der Waals surface area (Å²) in [6, 6.07) is 2.01. The Hall–Kier alpha value is -1.36. The number of amides is 1. The highest BCUT2D eigenvalue weighted by Crippen LogP contribution is 1.96. The van der Waals surface area contributed by atoms with Gasteiger partial charge in [-0.05, 0) is 0 Å². The fourth-order valence-electron chi connectivity index (χ4n) is 0.817. The molecule has 1 amide bonds. The van der Waals surface area contributed by atoms with Crippen LogP contribution in [0.15, 0.2) is 12.3 Å².